The molecule has 0 amide bonds. The maximum Gasteiger partial charge on any atom is 0.321 e. The fourth-order valence-corrected chi connectivity index (χ4v) is 4.11. The highest BCUT2D eigenvalue weighted by atomic mass is 79.9. The van der Waals surface area contributed by atoms with Crippen molar-refractivity contribution in [3.05, 3.63) is 63.0 Å². The highest BCUT2D eigenvalue weighted by Crippen LogP contribution is 2.22. The van der Waals surface area contributed by atoms with Gasteiger partial charge in [-0.3, -0.25) is 4.79 Å². The zero-order chi connectivity index (χ0) is 17.7. The Morgan fingerprint density at radius 3 is 2.33 bits per heavy atom. The fraction of sp³-hybridized carbons (Fsp3) is 0.188. The summed E-state index contributed by atoms with van der Waals surface area (Å²) in [4.78, 5) is 11.8. The van der Waals surface area contributed by atoms with Crippen LogP contribution in [-0.4, -0.2) is 32.3 Å². The Morgan fingerprint density at radius 2 is 1.75 bits per heavy atom. The number of carbonyl (C=O) groups is 1. The molecule has 0 bridgehead atoms. The van der Waals surface area contributed by atoms with Crippen LogP contribution in [0.25, 0.3) is 0 Å². The van der Waals surface area contributed by atoms with Gasteiger partial charge in [0.25, 0.3) is 0 Å². The minimum Gasteiger partial charge on any atom is -0.468 e. The van der Waals surface area contributed by atoms with Crippen LogP contribution in [0.1, 0.15) is 5.56 Å². The number of rotatable bonds is 6. The van der Waals surface area contributed by atoms with Crippen molar-refractivity contribution in [3.8, 4) is 0 Å². The Bertz CT molecular complexity index is 822. The SMILES string of the molecule is COC(=O)CN(Cc1cccc(Br)c1)S(=O)(=O)c1ccc(Br)cc1. The standard InChI is InChI=1S/C16H15Br2NO4S/c1-23-16(20)11-19(10-12-3-2-4-14(18)9-12)24(21,22)15-7-5-13(17)6-8-15/h2-9H,10-11H2,1H3. The lowest BCUT2D eigenvalue weighted by molar-refractivity contribution is -0.140. The van der Waals surface area contributed by atoms with E-state index < -0.39 is 16.0 Å². The number of sulfonamides is 1. The maximum absolute atomic E-state index is 12.9. The lowest BCUT2D eigenvalue weighted by Crippen LogP contribution is -2.35. The van der Waals surface area contributed by atoms with Crippen molar-refractivity contribution < 1.29 is 17.9 Å². The van der Waals surface area contributed by atoms with E-state index in [9.17, 15) is 13.2 Å². The van der Waals surface area contributed by atoms with Crippen molar-refractivity contribution in [1.29, 1.82) is 0 Å². The minimum absolute atomic E-state index is 0.0624. The minimum atomic E-state index is -3.84. The third kappa shape index (κ3) is 4.89. The summed E-state index contributed by atoms with van der Waals surface area (Å²) in [5.41, 5.74) is 0.758. The number of halogens is 2. The van der Waals surface area contributed by atoms with E-state index in [1.165, 1.54) is 19.2 Å². The molecular weight excluding hydrogens is 462 g/mol. The second-order valence-corrected chi connectivity index (χ2v) is 8.70. The molecule has 2 rings (SSSR count). The van der Waals surface area contributed by atoms with Crippen LogP contribution in [0, 0.1) is 0 Å². The zero-order valence-electron chi connectivity index (χ0n) is 12.8. The van der Waals surface area contributed by atoms with E-state index in [1.54, 1.807) is 24.3 Å². The van der Waals surface area contributed by atoms with Crippen LogP contribution < -0.4 is 0 Å². The quantitative estimate of drug-likeness (QED) is 0.598. The molecule has 0 atom stereocenters. The summed E-state index contributed by atoms with van der Waals surface area (Å²) in [7, 11) is -2.61. The Hall–Kier alpha value is -1.22. The average molecular weight is 477 g/mol. The van der Waals surface area contributed by atoms with Crippen LogP contribution in [-0.2, 0) is 26.1 Å². The number of ether oxygens (including phenoxy) is 1. The summed E-state index contributed by atoms with van der Waals surface area (Å²) in [5.74, 6) is -0.620. The predicted molar refractivity (Wildman–Crippen MR) is 97.9 cm³/mol. The molecule has 0 aromatic heterocycles. The van der Waals surface area contributed by atoms with Gasteiger partial charge in [0.15, 0.2) is 0 Å². The van der Waals surface area contributed by atoms with Crippen LogP contribution in [0.2, 0.25) is 0 Å². The Morgan fingerprint density at radius 1 is 1.08 bits per heavy atom. The molecule has 0 aliphatic rings. The highest BCUT2D eigenvalue weighted by Gasteiger charge is 2.27. The van der Waals surface area contributed by atoms with E-state index in [2.05, 4.69) is 36.6 Å². The number of methoxy groups -OCH3 is 1. The van der Waals surface area contributed by atoms with E-state index in [-0.39, 0.29) is 18.0 Å². The number of nitrogens with zero attached hydrogens (tertiary/aromatic N) is 1. The van der Waals surface area contributed by atoms with Crippen LogP contribution in [0.4, 0.5) is 0 Å². The van der Waals surface area contributed by atoms with Crippen molar-refractivity contribution in [2.75, 3.05) is 13.7 Å². The number of esters is 1. The van der Waals surface area contributed by atoms with Crippen molar-refractivity contribution >= 4 is 47.9 Å². The third-order valence-electron chi connectivity index (χ3n) is 3.23. The first-order valence-corrected chi connectivity index (χ1v) is 9.92. The molecule has 8 heteroatoms. The second-order valence-electron chi connectivity index (χ2n) is 4.93. The van der Waals surface area contributed by atoms with Gasteiger partial charge in [-0.1, -0.05) is 44.0 Å². The molecule has 0 radical (unpaired) electrons. The zero-order valence-corrected chi connectivity index (χ0v) is 16.8. The van der Waals surface area contributed by atoms with Crippen LogP contribution in [0.3, 0.4) is 0 Å². The van der Waals surface area contributed by atoms with Gasteiger partial charge in [-0.05, 0) is 42.0 Å². The summed E-state index contributed by atoms with van der Waals surface area (Å²) in [6.45, 7) is -0.297. The maximum atomic E-state index is 12.9. The van der Waals surface area contributed by atoms with E-state index in [0.29, 0.717) is 0 Å². The number of carbonyl (C=O) groups excluding carboxylic acids is 1. The van der Waals surface area contributed by atoms with Gasteiger partial charge in [-0.2, -0.15) is 4.31 Å². The molecule has 0 unspecified atom stereocenters. The van der Waals surface area contributed by atoms with Gasteiger partial charge < -0.3 is 4.74 Å². The largest absolute Gasteiger partial charge is 0.468 e. The van der Waals surface area contributed by atoms with Crippen LogP contribution in [0.15, 0.2) is 62.4 Å². The summed E-state index contributed by atoms with van der Waals surface area (Å²) in [5, 5.41) is 0. The molecule has 128 valence electrons. The molecule has 2 aromatic carbocycles. The van der Waals surface area contributed by atoms with Crippen molar-refractivity contribution in [2.24, 2.45) is 0 Å². The number of hydrogen-bond acceptors (Lipinski definition) is 4. The first-order valence-electron chi connectivity index (χ1n) is 6.90. The molecule has 0 saturated heterocycles. The molecule has 0 N–H and O–H groups in total. The monoisotopic (exact) mass is 475 g/mol. The van der Waals surface area contributed by atoms with E-state index in [1.807, 2.05) is 12.1 Å². The van der Waals surface area contributed by atoms with Gasteiger partial charge >= 0.3 is 5.97 Å². The Balaban J connectivity index is 2.37. The molecule has 0 fully saturated rings. The van der Waals surface area contributed by atoms with Crippen LogP contribution >= 0.6 is 31.9 Å². The van der Waals surface area contributed by atoms with Crippen molar-refractivity contribution in [3.63, 3.8) is 0 Å². The van der Waals surface area contributed by atoms with Gasteiger partial charge in [0.2, 0.25) is 10.0 Å². The Kier molecular flexibility index (Phi) is 6.56. The molecule has 0 aliphatic carbocycles. The topological polar surface area (TPSA) is 63.7 Å². The molecule has 0 saturated carbocycles. The molecule has 2 aromatic rings. The normalized spacial score (nSPS) is 11.5. The summed E-state index contributed by atoms with van der Waals surface area (Å²) in [6, 6.07) is 13.5. The summed E-state index contributed by atoms with van der Waals surface area (Å²) in [6.07, 6.45) is 0. The van der Waals surface area contributed by atoms with Gasteiger partial charge in [-0.15, -0.1) is 0 Å². The van der Waals surface area contributed by atoms with Gasteiger partial charge in [0.1, 0.15) is 6.54 Å². The predicted octanol–water partition coefficient (Wildman–Crippen LogP) is 3.58. The molecule has 0 spiro atoms. The van der Waals surface area contributed by atoms with E-state index in [0.717, 1.165) is 18.8 Å². The molecule has 5 nitrogen and oxygen atoms in total. The second kappa shape index (κ2) is 8.24. The lowest BCUT2D eigenvalue weighted by atomic mass is 10.2. The molecule has 24 heavy (non-hydrogen) atoms. The first kappa shape index (κ1) is 19.1. The smallest absolute Gasteiger partial charge is 0.321 e. The fourth-order valence-electron chi connectivity index (χ4n) is 2.03. The molecule has 0 aliphatic heterocycles. The van der Waals surface area contributed by atoms with E-state index in [4.69, 9.17) is 0 Å². The van der Waals surface area contributed by atoms with Gasteiger partial charge in [0, 0.05) is 15.5 Å². The highest BCUT2D eigenvalue weighted by molar-refractivity contribution is 9.10. The van der Waals surface area contributed by atoms with Gasteiger partial charge in [0.05, 0.1) is 12.0 Å². The Labute approximate surface area is 157 Å². The molecule has 0 heterocycles. The average Bonchev–Trinajstić information content (AvgIpc) is 2.54. The van der Waals surface area contributed by atoms with E-state index >= 15 is 0 Å². The van der Waals surface area contributed by atoms with Crippen LogP contribution in [0.5, 0.6) is 0 Å². The summed E-state index contributed by atoms with van der Waals surface area (Å²) >= 11 is 6.63. The number of benzene rings is 2. The molecular formula is C16H15Br2NO4S. The lowest BCUT2D eigenvalue weighted by Gasteiger charge is -2.21. The van der Waals surface area contributed by atoms with Gasteiger partial charge in [-0.25, -0.2) is 8.42 Å². The van der Waals surface area contributed by atoms with Crippen molar-refractivity contribution in [2.45, 2.75) is 11.4 Å². The van der Waals surface area contributed by atoms with Crippen molar-refractivity contribution in [1.82, 2.24) is 4.31 Å². The summed E-state index contributed by atoms with van der Waals surface area (Å²) < 4.78 is 33.1. The third-order valence-corrected chi connectivity index (χ3v) is 6.06. The first-order chi connectivity index (χ1) is 11.3. The number of hydrogen-bond donors (Lipinski definition) is 0.